The lowest BCUT2D eigenvalue weighted by Gasteiger charge is -2.20. The molecule has 1 unspecified atom stereocenters. The fraction of sp³-hybridized carbons (Fsp3) is 0.294. The van der Waals surface area contributed by atoms with Crippen LogP contribution in [0.2, 0.25) is 0 Å². The third kappa shape index (κ3) is 2.74. The average Bonchev–Trinajstić information content (AvgIpc) is 2.98. The van der Waals surface area contributed by atoms with Gasteiger partial charge in [-0.25, -0.2) is 0 Å². The Bertz CT molecular complexity index is 585. The molecular formula is C17H18BrNO. The zero-order chi connectivity index (χ0) is 13.9. The Morgan fingerprint density at radius 2 is 1.95 bits per heavy atom. The van der Waals surface area contributed by atoms with Crippen LogP contribution in [0.15, 0.2) is 53.0 Å². The minimum atomic E-state index is 0.0769. The van der Waals surface area contributed by atoms with Gasteiger partial charge in [0.1, 0.15) is 0 Å². The molecule has 1 heterocycles. The Labute approximate surface area is 128 Å². The molecular weight excluding hydrogens is 314 g/mol. The van der Waals surface area contributed by atoms with Crippen molar-refractivity contribution >= 4 is 21.6 Å². The second-order valence-electron chi connectivity index (χ2n) is 5.28. The summed E-state index contributed by atoms with van der Waals surface area (Å²) in [6, 6.07) is 17.0. The van der Waals surface area contributed by atoms with Gasteiger partial charge in [-0.2, -0.15) is 0 Å². The van der Waals surface area contributed by atoms with Crippen LogP contribution in [0.3, 0.4) is 0 Å². The quantitative estimate of drug-likeness (QED) is 0.920. The summed E-state index contributed by atoms with van der Waals surface area (Å²) in [5.74, 6) is 0.618. The minimum Gasteiger partial charge on any atom is -0.392 e. The van der Waals surface area contributed by atoms with Crippen LogP contribution in [0.4, 0.5) is 5.69 Å². The zero-order valence-corrected chi connectivity index (χ0v) is 12.9. The molecule has 3 heteroatoms. The molecule has 0 radical (unpaired) electrons. The highest BCUT2D eigenvalue weighted by atomic mass is 79.9. The second kappa shape index (κ2) is 5.98. The summed E-state index contributed by atoms with van der Waals surface area (Å²) in [6.07, 6.45) is 1.20. The number of halogens is 1. The number of benzene rings is 2. The van der Waals surface area contributed by atoms with Crippen molar-refractivity contribution in [2.24, 2.45) is 0 Å². The van der Waals surface area contributed by atoms with Gasteiger partial charge in [0.15, 0.2) is 0 Å². The van der Waals surface area contributed by atoms with Crippen LogP contribution >= 0.6 is 15.9 Å². The molecule has 2 aromatic carbocycles. The van der Waals surface area contributed by atoms with Crippen LogP contribution in [0, 0.1) is 0 Å². The van der Waals surface area contributed by atoms with Crippen LogP contribution in [0.1, 0.15) is 23.5 Å². The van der Waals surface area contributed by atoms with Gasteiger partial charge in [0.2, 0.25) is 0 Å². The first-order valence-corrected chi connectivity index (χ1v) is 7.76. The van der Waals surface area contributed by atoms with E-state index in [1.807, 2.05) is 6.07 Å². The SMILES string of the molecule is OCc1ccc(N2CCC(c3ccccc3)C2)cc1Br. The molecule has 104 valence electrons. The molecule has 0 aromatic heterocycles. The zero-order valence-electron chi connectivity index (χ0n) is 11.3. The van der Waals surface area contributed by atoms with Crippen molar-refractivity contribution in [1.29, 1.82) is 0 Å². The molecule has 0 amide bonds. The van der Waals surface area contributed by atoms with Gasteiger partial charge in [0.25, 0.3) is 0 Å². The van der Waals surface area contributed by atoms with E-state index in [2.05, 4.69) is 63.3 Å². The fourth-order valence-corrected chi connectivity index (χ4v) is 3.35. The molecule has 0 bridgehead atoms. The summed E-state index contributed by atoms with van der Waals surface area (Å²) in [5.41, 5.74) is 3.60. The maximum Gasteiger partial charge on any atom is 0.0692 e. The summed E-state index contributed by atoms with van der Waals surface area (Å²) < 4.78 is 0.987. The number of rotatable bonds is 3. The van der Waals surface area contributed by atoms with E-state index in [4.69, 9.17) is 0 Å². The molecule has 1 atom stereocenters. The standard InChI is InChI=1S/C17H18BrNO/c18-17-10-16(7-6-15(17)12-20)19-9-8-14(11-19)13-4-2-1-3-5-13/h1-7,10,14,20H,8-9,11-12H2. The molecule has 3 rings (SSSR count). The molecule has 1 fully saturated rings. The van der Waals surface area contributed by atoms with E-state index in [1.165, 1.54) is 17.7 Å². The lowest BCUT2D eigenvalue weighted by Crippen LogP contribution is -2.19. The van der Waals surface area contributed by atoms with E-state index < -0.39 is 0 Å². The van der Waals surface area contributed by atoms with E-state index >= 15 is 0 Å². The summed E-state index contributed by atoms with van der Waals surface area (Å²) in [4.78, 5) is 2.42. The number of hydrogen-bond acceptors (Lipinski definition) is 2. The van der Waals surface area contributed by atoms with E-state index in [0.29, 0.717) is 5.92 Å². The van der Waals surface area contributed by atoms with E-state index in [9.17, 15) is 5.11 Å². The van der Waals surface area contributed by atoms with Gasteiger partial charge >= 0.3 is 0 Å². The minimum absolute atomic E-state index is 0.0769. The first-order valence-electron chi connectivity index (χ1n) is 6.97. The van der Waals surface area contributed by atoms with Crippen molar-refractivity contribution in [2.75, 3.05) is 18.0 Å². The largest absolute Gasteiger partial charge is 0.392 e. The van der Waals surface area contributed by atoms with E-state index in [0.717, 1.165) is 23.1 Å². The Morgan fingerprint density at radius 1 is 1.15 bits per heavy atom. The highest BCUT2D eigenvalue weighted by molar-refractivity contribution is 9.10. The Balaban J connectivity index is 1.76. The monoisotopic (exact) mass is 331 g/mol. The number of anilines is 1. The highest BCUT2D eigenvalue weighted by Crippen LogP contribution is 2.32. The second-order valence-corrected chi connectivity index (χ2v) is 6.13. The Hall–Kier alpha value is -1.32. The van der Waals surface area contributed by atoms with Crippen molar-refractivity contribution < 1.29 is 5.11 Å². The van der Waals surface area contributed by atoms with Gasteiger partial charge in [-0.1, -0.05) is 52.3 Å². The molecule has 1 aliphatic rings. The third-order valence-corrected chi connectivity index (χ3v) is 4.77. The number of aliphatic hydroxyl groups is 1. The van der Waals surface area contributed by atoms with Crippen molar-refractivity contribution in [3.8, 4) is 0 Å². The van der Waals surface area contributed by atoms with E-state index in [-0.39, 0.29) is 6.61 Å². The predicted molar refractivity (Wildman–Crippen MR) is 86.1 cm³/mol. The Morgan fingerprint density at radius 3 is 2.65 bits per heavy atom. The number of nitrogens with zero attached hydrogens (tertiary/aromatic N) is 1. The third-order valence-electron chi connectivity index (χ3n) is 4.03. The first-order chi connectivity index (χ1) is 9.78. The summed E-state index contributed by atoms with van der Waals surface area (Å²) in [7, 11) is 0. The van der Waals surface area contributed by atoms with Crippen LogP contribution < -0.4 is 4.90 Å². The average molecular weight is 332 g/mol. The van der Waals surface area contributed by atoms with Gasteiger partial charge in [0.05, 0.1) is 6.61 Å². The summed E-state index contributed by atoms with van der Waals surface area (Å²) in [6.45, 7) is 2.23. The summed E-state index contributed by atoms with van der Waals surface area (Å²) >= 11 is 3.53. The van der Waals surface area contributed by atoms with Crippen LogP contribution in [-0.2, 0) is 6.61 Å². The van der Waals surface area contributed by atoms with Crippen LogP contribution in [0.25, 0.3) is 0 Å². The normalized spacial score (nSPS) is 18.5. The lowest BCUT2D eigenvalue weighted by atomic mass is 9.99. The predicted octanol–water partition coefficient (Wildman–Crippen LogP) is 3.94. The van der Waals surface area contributed by atoms with Gasteiger partial charge in [-0.15, -0.1) is 0 Å². The molecule has 1 N–H and O–H groups in total. The van der Waals surface area contributed by atoms with Crippen molar-refractivity contribution in [2.45, 2.75) is 18.9 Å². The van der Waals surface area contributed by atoms with Gasteiger partial charge < -0.3 is 10.0 Å². The topological polar surface area (TPSA) is 23.5 Å². The molecule has 0 saturated carbocycles. The molecule has 20 heavy (non-hydrogen) atoms. The molecule has 0 aliphatic carbocycles. The number of hydrogen-bond donors (Lipinski definition) is 1. The smallest absolute Gasteiger partial charge is 0.0692 e. The van der Waals surface area contributed by atoms with Gasteiger partial charge in [-0.05, 0) is 29.7 Å². The van der Waals surface area contributed by atoms with Crippen molar-refractivity contribution in [1.82, 2.24) is 0 Å². The van der Waals surface area contributed by atoms with E-state index in [1.54, 1.807) is 0 Å². The highest BCUT2D eigenvalue weighted by Gasteiger charge is 2.24. The molecule has 2 aromatic rings. The van der Waals surface area contributed by atoms with Crippen molar-refractivity contribution in [3.05, 3.63) is 64.1 Å². The van der Waals surface area contributed by atoms with Crippen molar-refractivity contribution in [3.63, 3.8) is 0 Å². The van der Waals surface area contributed by atoms with Crippen LogP contribution in [0.5, 0.6) is 0 Å². The molecule has 1 aliphatic heterocycles. The maximum absolute atomic E-state index is 9.22. The molecule has 0 spiro atoms. The van der Waals surface area contributed by atoms with Gasteiger partial charge in [-0.3, -0.25) is 0 Å². The lowest BCUT2D eigenvalue weighted by molar-refractivity contribution is 0.281. The number of aliphatic hydroxyl groups excluding tert-OH is 1. The molecule has 1 saturated heterocycles. The fourth-order valence-electron chi connectivity index (χ4n) is 2.85. The molecule has 2 nitrogen and oxygen atoms in total. The first kappa shape index (κ1) is 13.7. The Kier molecular flexibility index (Phi) is 4.08. The maximum atomic E-state index is 9.22. The summed E-state index contributed by atoms with van der Waals surface area (Å²) in [5, 5.41) is 9.22. The van der Waals surface area contributed by atoms with Gasteiger partial charge in [0, 0.05) is 29.2 Å². The van der Waals surface area contributed by atoms with Crippen LogP contribution in [-0.4, -0.2) is 18.2 Å².